The van der Waals surface area contributed by atoms with Crippen LogP contribution in [0.1, 0.15) is 6.92 Å². The zero-order valence-corrected chi connectivity index (χ0v) is 12.1. The molecule has 0 saturated heterocycles. The minimum atomic E-state index is 0.639. The minimum Gasteiger partial charge on any atom is -0.486 e. The third kappa shape index (κ3) is 4.93. The van der Waals surface area contributed by atoms with Gasteiger partial charge in [-0.3, -0.25) is 0 Å². The van der Waals surface area contributed by atoms with Gasteiger partial charge in [0.1, 0.15) is 13.2 Å². The second-order valence-electron chi connectivity index (χ2n) is 4.10. The topological polar surface area (TPSA) is 39.7 Å². The third-order valence-electron chi connectivity index (χ3n) is 2.69. The molecule has 1 aromatic carbocycles. The van der Waals surface area contributed by atoms with Crippen molar-refractivity contribution < 1.29 is 14.2 Å². The van der Waals surface area contributed by atoms with Gasteiger partial charge >= 0.3 is 0 Å². The molecule has 1 heterocycles. The highest BCUT2D eigenvalue weighted by Crippen LogP contribution is 2.33. The molecule has 0 spiro atoms. The molecule has 1 N–H and O–H groups in total. The molecule has 19 heavy (non-hydrogen) atoms. The zero-order chi connectivity index (χ0) is 13.3. The molecule has 106 valence electrons. The zero-order valence-electron chi connectivity index (χ0n) is 11.3. The Labute approximate surface area is 118 Å². The molecule has 1 aromatic rings. The number of hydrogen-bond donors (Lipinski definition) is 1. The van der Waals surface area contributed by atoms with Crippen molar-refractivity contribution >= 4 is 11.8 Å². The summed E-state index contributed by atoms with van der Waals surface area (Å²) in [7, 11) is 0. The monoisotopic (exact) mass is 283 g/mol. The molecule has 0 saturated carbocycles. The van der Waals surface area contributed by atoms with Crippen LogP contribution < -0.4 is 14.8 Å². The first-order valence-corrected chi connectivity index (χ1v) is 7.69. The summed E-state index contributed by atoms with van der Waals surface area (Å²) in [5.41, 5.74) is 0. The van der Waals surface area contributed by atoms with E-state index < -0.39 is 0 Å². The molecular weight excluding hydrogens is 262 g/mol. The van der Waals surface area contributed by atoms with Gasteiger partial charge in [-0.25, -0.2) is 0 Å². The first-order valence-electron chi connectivity index (χ1n) is 6.71. The van der Waals surface area contributed by atoms with Crippen LogP contribution in [0.4, 0.5) is 0 Å². The Morgan fingerprint density at radius 1 is 1.21 bits per heavy atom. The number of rotatable bonds is 8. The highest BCUT2D eigenvalue weighted by atomic mass is 32.2. The van der Waals surface area contributed by atoms with E-state index in [1.807, 2.05) is 24.8 Å². The quantitative estimate of drug-likeness (QED) is 0.585. The van der Waals surface area contributed by atoms with Gasteiger partial charge in [0, 0.05) is 30.3 Å². The Kier molecular flexibility index (Phi) is 6.33. The summed E-state index contributed by atoms with van der Waals surface area (Å²) in [6.45, 7) is 6.75. The normalized spacial score (nSPS) is 13.5. The lowest BCUT2D eigenvalue weighted by Gasteiger charge is -2.18. The molecular formula is C14H21NO3S. The maximum absolute atomic E-state index is 5.57. The molecule has 1 aliphatic rings. The molecule has 0 fully saturated rings. The molecule has 5 heteroatoms. The summed E-state index contributed by atoms with van der Waals surface area (Å²) in [5, 5.41) is 3.35. The standard InChI is InChI=1S/C14H21NO3S/c1-2-16-7-5-15-6-10-19-12-3-4-13-14(11-12)18-9-8-17-13/h3-4,11,15H,2,5-10H2,1H3. The Bertz CT molecular complexity index is 387. The number of benzene rings is 1. The van der Waals surface area contributed by atoms with Gasteiger partial charge in [-0.1, -0.05) is 0 Å². The number of ether oxygens (including phenoxy) is 3. The van der Waals surface area contributed by atoms with Crippen LogP contribution in [0.3, 0.4) is 0 Å². The lowest BCUT2D eigenvalue weighted by atomic mass is 10.3. The number of thioether (sulfide) groups is 1. The van der Waals surface area contributed by atoms with Crippen LogP contribution in [0.5, 0.6) is 11.5 Å². The van der Waals surface area contributed by atoms with Crippen molar-refractivity contribution in [1.82, 2.24) is 5.32 Å². The predicted octanol–water partition coefficient (Wildman–Crippen LogP) is 2.18. The number of hydrogen-bond acceptors (Lipinski definition) is 5. The maximum Gasteiger partial charge on any atom is 0.162 e. The molecule has 2 rings (SSSR count). The van der Waals surface area contributed by atoms with E-state index in [1.165, 1.54) is 4.90 Å². The molecule has 1 aliphatic heterocycles. The second kappa shape index (κ2) is 8.30. The van der Waals surface area contributed by atoms with E-state index in [0.717, 1.165) is 43.6 Å². The van der Waals surface area contributed by atoms with E-state index in [-0.39, 0.29) is 0 Å². The molecule has 0 atom stereocenters. The number of nitrogens with one attached hydrogen (secondary N) is 1. The van der Waals surface area contributed by atoms with Crippen LogP contribution >= 0.6 is 11.8 Å². The van der Waals surface area contributed by atoms with Crippen LogP contribution in [0, 0.1) is 0 Å². The largest absolute Gasteiger partial charge is 0.486 e. The SMILES string of the molecule is CCOCCNCCSc1ccc2c(c1)OCCO2. The Morgan fingerprint density at radius 2 is 2.05 bits per heavy atom. The van der Waals surface area contributed by atoms with Crippen molar-refractivity contribution in [3.05, 3.63) is 18.2 Å². The average molecular weight is 283 g/mol. The fourth-order valence-electron chi connectivity index (χ4n) is 1.77. The molecule has 0 radical (unpaired) electrons. The summed E-state index contributed by atoms with van der Waals surface area (Å²) in [4.78, 5) is 1.22. The van der Waals surface area contributed by atoms with Crippen LogP contribution in [-0.4, -0.2) is 45.3 Å². The van der Waals surface area contributed by atoms with Crippen molar-refractivity contribution in [1.29, 1.82) is 0 Å². The summed E-state index contributed by atoms with van der Waals surface area (Å²) in [5.74, 6) is 2.75. The van der Waals surface area contributed by atoms with Gasteiger partial charge in [0.15, 0.2) is 11.5 Å². The predicted molar refractivity (Wildman–Crippen MR) is 77.5 cm³/mol. The van der Waals surface area contributed by atoms with Crippen LogP contribution in [0.25, 0.3) is 0 Å². The minimum absolute atomic E-state index is 0.639. The maximum atomic E-state index is 5.57. The van der Waals surface area contributed by atoms with Gasteiger partial charge in [0.05, 0.1) is 6.61 Å². The fraction of sp³-hybridized carbons (Fsp3) is 0.571. The van der Waals surface area contributed by atoms with E-state index >= 15 is 0 Å². The smallest absolute Gasteiger partial charge is 0.162 e. The molecule has 0 unspecified atom stereocenters. The lowest BCUT2D eigenvalue weighted by Crippen LogP contribution is -2.22. The van der Waals surface area contributed by atoms with E-state index in [0.29, 0.717) is 13.2 Å². The first kappa shape index (κ1) is 14.5. The highest BCUT2D eigenvalue weighted by molar-refractivity contribution is 7.99. The summed E-state index contributed by atoms with van der Waals surface area (Å²) < 4.78 is 16.3. The first-order chi connectivity index (χ1) is 9.40. The van der Waals surface area contributed by atoms with Crippen molar-refractivity contribution in [3.63, 3.8) is 0 Å². The van der Waals surface area contributed by atoms with E-state index in [4.69, 9.17) is 14.2 Å². The fourth-order valence-corrected chi connectivity index (χ4v) is 2.60. The van der Waals surface area contributed by atoms with Gasteiger partial charge in [0.2, 0.25) is 0 Å². The van der Waals surface area contributed by atoms with Gasteiger partial charge < -0.3 is 19.5 Å². The van der Waals surface area contributed by atoms with Gasteiger partial charge in [-0.2, -0.15) is 0 Å². The summed E-state index contributed by atoms with van der Waals surface area (Å²) in [6, 6.07) is 6.12. The molecule has 0 aromatic heterocycles. The number of fused-ring (bicyclic) bond motifs is 1. The second-order valence-corrected chi connectivity index (χ2v) is 5.27. The molecule has 0 aliphatic carbocycles. The molecule has 4 nitrogen and oxygen atoms in total. The van der Waals surface area contributed by atoms with Gasteiger partial charge in [0.25, 0.3) is 0 Å². The van der Waals surface area contributed by atoms with Crippen molar-refractivity contribution in [2.24, 2.45) is 0 Å². The van der Waals surface area contributed by atoms with Crippen molar-refractivity contribution in [2.75, 3.05) is 45.3 Å². The van der Waals surface area contributed by atoms with E-state index in [2.05, 4.69) is 17.4 Å². The molecule has 0 bridgehead atoms. The van der Waals surface area contributed by atoms with Crippen LogP contribution in [0.2, 0.25) is 0 Å². The third-order valence-corrected chi connectivity index (χ3v) is 3.68. The van der Waals surface area contributed by atoms with Crippen LogP contribution in [0.15, 0.2) is 23.1 Å². The summed E-state index contributed by atoms with van der Waals surface area (Å²) >= 11 is 1.82. The Morgan fingerprint density at radius 3 is 2.89 bits per heavy atom. The molecule has 0 amide bonds. The highest BCUT2D eigenvalue weighted by Gasteiger charge is 2.11. The Balaban J connectivity index is 1.66. The van der Waals surface area contributed by atoms with Crippen molar-refractivity contribution in [3.8, 4) is 11.5 Å². The van der Waals surface area contributed by atoms with Gasteiger partial charge in [-0.05, 0) is 25.1 Å². The summed E-state index contributed by atoms with van der Waals surface area (Å²) in [6.07, 6.45) is 0. The lowest BCUT2D eigenvalue weighted by molar-refractivity contribution is 0.150. The Hall–Kier alpha value is -0.910. The van der Waals surface area contributed by atoms with Crippen LogP contribution in [-0.2, 0) is 4.74 Å². The van der Waals surface area contributed by atoms with Crippen molar-refractivity contribution in [2.45, 2.75) is 11.8 Å². The van der Waals surface area contributed by atoms with Gasteiger partial charge in [-0.15, -0.1) is 11.8 Å². The van der Waals surface area contributed by atoms with E-state index in [9.17, 15) is 0 Å². The average Bonchev–Trinajstić information content (AvgIpc) is 2.46. The van der Waals surface area contributed by atoms with E-state index in [1.54, 1.807) is 0 Å².